The van der Waals surface area contributed by atoms with Gasteiger partial charge in [0.05, 0.1) is 6.04 Å². The molecule has 1 amide bonds. The number of aromatic nitrogens is 3. The molecule has 4 rings (SSSR count). The lowest BCUT2D eigenvalue weighted by molar-refractivity contribution is -0.132. The maximum atomic E-state index is 12.8. The molecule has 6 nitrogen and oxygen atoms in total. The Labute approximate surface area is 146 Å². The van der Waals surface area contributed by atoms with E-state index in [2.05, 4.69) is 32.9 Å². The zero-order valence-electron chi connectivity index (χ0n) is 14.4. The van der Waals surface area contributed by atoms with Crippen LogP contribution in [0.4, 0.5) is 0 Å². The van der Waals surface area contributed by atoms with Crippen molar-refractivity contribution >= 4 is 16.8 Å². The van der Waals surface area contributed by atoms with E-state index in [9.17, 15) is 4.79 Å². The van der Waals surface area contributed by atoms with Crippen LogP contribution in [0, 0.1) is 0 Å². The van der Waals surface area contributed by atoms with Gasteiger partial charge < -0.3 is 14.0 Å². The fourth-order valence-corrected chi connectivity index (χ4v) is 3.58. The van der Waals surface area contributed by atoms with Gasteiger partial charge in [-0.25, -0.2) is 0 Å². The van der Waals surface area contributed by atoms with E-state index in [1.165, 1.54) is 10.9 Å². The highest BCUT2D eigenvalue weighted by molar-refractivity contribution is 5.80. The van der Waals surface area contributed by atoms with Gasteiger partial charge in [0.25, 0.3) is 0 Å². The molecular weight excluding hydrogens is 316 g/mol. The fraction of sp³-hybridized carbons (Fsp3) is 0.421. The SMILES string of the molecule is CCc1nc([C@@H]2CCCN2C(=O)CCn2ccc3ccccc32)no1. The van der Waals surface area contributed by atoms with Gasteiger partial charge in [0.15, 0.2) is 5.82 Å². The normalized spacial score (nSPS) is 17.5. The quantitative estimate of drug-likeness (QED) is 0.716. The molecule has 3 aromatic rings. The van der Waals surface area contributed by atoms with E-state index in [1.54, 1.807) is 0 Å². The van der Waals surface area contributed by atoms with Crippen LogP contribution in [0.3, 0.4) is 0 Å². The number of aryl methyl sites for hydroxylation is 2. The van der Waals surface area contributed by atoms with E-state index in [0.717, 1.165) is 19.4 Å². The lowest BCUT2D eigenvalue weighted by Gasteiger charge is -2.22. The molecule has 1 aliphatic heterocycles. The molecule has 6 heteroatoms. The standard InChI is InChI=1S/C19H22N4O2/c1-2-17-20-19(21-25-17)16-8-5-11-23(16)18(24)10-13-22-12-9-14-6-3-4-7-15(14)22/h3-4,6-7,9,12,16H,2,5,8,10-11,13H2,1H3/t16-/m0/s1. The van der Waals surface area contributed by atoms with Gasteiger partial charge >= 0.3 is 0 Å². The molecule has 1 atom stereocenters. The minimum absolute atomic E-state index is 0.0436. The summed E-state index contributed by atoms with van der Waals surface area (Å²) in [6.45, 7) is 3.43. The maximum Gasteiger partial charge on any atom is 0.226 e. The molecule has 0 spiro atoms. The van der Waals surface area contributed by atoms with Gasteiger partial charge in [-0.3, -0.25) is 4.79 Å². The summed E-state index contributed by atoms with van der Waals surface area (Å²) in [5.74, 6) is 1.44. The lowest BCUT2D eigenvalue weighted by Crippen LogP contribution is -2.31. The van der Waals surface area contributed by atoms with Crippen molar-refractivity contribution in [3.05, 3.63) is 48.2 Å². The van der Waals surface area contributed by atoms with Gasteiger partial charge in [-0.15, -0.1) is 0 Å². The molecular formula is C19H22N4O2. The minimum atomic E-state index is -0.0436. The Morgan fingerprint density at radius 3 is 3.04 bits per heavy atom. The average molecular weight is 338 g/mol. The van der Waals surface area contributed by atoms with Gasteiger partial charge in [0.2, 0.25) is 11.8 Å². The van der Waals surface area contributed by atoms with Crippen molar-refractivity contribution in [2.45, 2.75) is 45.2 Å². The summed E-state index contributed by atoms with van der Waals surface area (Å²) >= 11 is 0. The Morgan fingerprint density at radius 1 is 1.32 bits per heavy atom. The van der Waals surface area contributed by atoms with Gasteiger partial charge in [-0.05, 0) is 30.4 Å². The number of hydrogen-bond acceptors (Lipinski definition) is 4. The summed E-state index contributed by atoms with van der Waals surface area (Å²) < 4.78 is 7.36. The van der Waals surface area contributed by atoms with E-state index in [-0.39, 0.29) is 11.9 Å². The number of rotatable bonds is 5. The molecule has 0 aliphatic carbocycles. The van der Waals surface area contributed by atoms with E-state index >= 15 is 0 Å². The summed E-state index contributed by atoms with van der Waals surface area (Å²) in [6, 6.07) is 10.3. The second-order valence-corrected chi connectivity index (χ2v) is 6.46. The smallest absolute Gasteiger partial charge is 0.226 e. The van der Waals surface area contributed by atoms with Crippen LogP contribution in [-0.2, 0) is 17.8 Å². The average Bonchev–Trinajstić information content (AvgIpc) is 3.37. The second kappa shape index (κ2) is 6.70. The molecule has 25 heavy (non-hydrogen) atoms. The zero-order valence-corrected chi connectivity index (χ0v) is 14.4. The second-order valence-electron chi connectivity index (χ2n) is 6.46. The van der Waals surface area contributed by atoms with Crippen molar-refractivity contribution in [2.24, 2.45) is 0 Å². The largest absolute Gasteiger partial charge is 0.347 e. The Balaban J connectivity index is 1.45. The molecule has 1 saturated heterocycles. The number of para-hydroxylation sites is 1. The van der Waals surface area contributed by atoms with Crippen molar-refractivity contribution < 1.29 is 9.32 Å². The first-order chi connectivity index (χ1) is 12.3. The Bertz CT molecular complexity index is 882. The van der Waals surface area contributed by atoms with Crippen LogP contribution < -0.4 is 0 Å². The molecule has 1 fully saturated rings. The monoisotopic (exact) mass is 338 g/mol. The third kappa shape index (κ3) is 3.04. The first kappa shape index (κ1) is 15.9. The van der Waals surface area contributed by atoms with Gasteiger partial charge in [-0.2, -0.15) is 4.98 Å². The van der Waals surface area contributed by atoms with Crippen LogP contribution in [0.5, 0.6) is 0 Å². The predicted molar refractivity (Wildman–Crippen MR) is 93.9 cm³/mol. The molecule has 2 aromatic heterocycles. The molecule has 3 heterocycles. The summed E-state index contributed by atoms with van der Waals surface area (Å²) in [7, 11) is 0. The van der Waals surface area contributed by atoms with Gasteiger partial charge in [-0.1, -0.05) is 30.3 Å². The van der Waals surface area contributed by atoms with Crippen LogP contribution >= 0.6 is 0 Å². The van der Waals surface area contributed by atoms with Crippen molar-refractivity contribution in [3.63, 3.8) is 0 Å². The van der Waals surface area contributed by atoms with Crippen molar-refractivity contribution in [1.82, 2.24) is 19.6 Å². The summed E-state index contributed by atoms with van der Waals surface area (Å²) in [5.41, 5.74) is 1.17. The number of nitrogens with zero attached hydrogens (tertiary/aromatic N) is 4. The Kier molecular flexibility index (Phi) is 4.26. The number of fused-ring (bicyclic) bond motifs is 1. The van der Waals surface area contributed by atoms with E-state index < -0.39 is 0 Å². The lowest BCUT2D eigenvalue weighted by atomic mass is 10.2. The zero-order chi connectivity index (χ0) is 17.2. The van der Waals surface area contributed by atoms with Crippen LogP contribution in [0.2, 0.25) is 0 Å². The Morgan fingerprint density at radius 2 is 2.20 bits per heavy atom. The van der Waals surface area contributed by atoms with Crippen LogP contribution in [0.15, 0.2) is 41.1 Å². The van der Waals surface area contributed by atoms with Crippen LogP contribution in [0.1, 0.15) is 43.9 Å². The summed E-state index contributed by atoms with van der Waals surface area (Å²) in [5, 5.41) is 5.27. The third-order valence-corrected chi connectivity index (χ3v) is 4.90. The molecule has 0 N–H and O–H groups in total. The van der Waals surface area contributed by atoms with Crippen LogP contribution in [-0.4, -0.2) is 32.1 Å². The van der Waals surface area contributed by atoms with Crippen molar-refractivity contribution in [2.75, 3.05) is 6.54 Å². The van der Waals surface area contributed by atoms with Gasteiger partial charge in [0.1, 0.15) is 0 Å². The van der Waals surface area contributed by atoms with E-state index in [0.29, 0.717) is 31.1 Å². The molecule has 0 unspecified atom stereocenters. The number of carbonyl (C=O) groups excluding carboxylic acids is 1. The number of likely N-dealkylation sites (tertiary alicyclic amines) is 1. The number of amides is 1. The number of hydrogen-bond donors (Lipinski definition) is 0. The molecule has 1 aliphatic rings. The van der Waals surface area contributed by atoms with Crippen molar-refractivity contribution in [1.29, 1.82) is 0 Å². The van der Waals surface area contributed by atoms with E-state index in [1.807, 2.05) is 30.2 Å². The topological polar surface area (TPSA) is 64.2 Å². The first-order valence-corrected chi connectivity index (χ1v) is 8.92. The van der Waals surface area contributed by atoms with Gasteiger partial charge in [0, 0.05) is 37.6 Å². The highest BCUT2D eigenvalue weighted by atomic mass is 16.5. The maximum absolute atomic E-state index is 12.8. The molecule has 130 valence electrons. The number of benzene rings is 1. The third-order valence-electron chi connectivity index (χ3n) is 4.90. The Hall–Kier alpha value is -2.63. The molecule has 0 radical (unpaired) electrons. The summed E-state index contributed by atoms with van der Waals surface area (Å²) in [6.07, 6.45) is 5.13. The predicted octanol–water partition coefficient (Wildman–Crippen LogP) is 3.34. The molecule has 0 bridgehead atoms. The number of carbonyl (C=O) groups is 1. The molecule has 1 aromatic carbocycles. The van der Waals surface area contributed by atoms with E-state index in [4.69, 9.17) is 4.52 Å². The summed E-state index contributed by atoms with van der Waals surface area (Å²) in [4.78, 5) is 19.1. The highest BCUT2D eigenvalue weighted by Crippen LogP contribution is 2.31. The highest BCUT2D eigenvalue weighted by Gasteiger charge is 2.32. The minimum Gasteiger partial charge on any atom is -0.347 e. The first-order valence-electron chi connectivity index (χ1n) is 8.92. The van der Waals surface area contributed by atoms with Crippen LogP contribution in [0.25, 0.3) is 10.9 Å². The fourth-order valence-electron chi connectivity index (χ4n) is 3.58. The van der Waals surface area contributed by atoms with Crippen molar-refractivity contribution in [3.8, 4) is 0 Å². The molecule has 0 saturated carbocycles.